The van der Waals surface area contributed by atoms with Gasteiger partial charge in [-0.1, -0.05) is 30.3 Å². The molecule has 1 aliphatic rings. The summed E-state index contributed by atoms with van der Waals surface area (Å²) in [6, 6.07) is 16.5. The van der Waals surface area contributed by atoms with E-state index in [0.717, 1.165) is 38.1 Å². The van der Waals surface area contributed by atoms with Crippen molar-refractivity contribution in [3.8, 4) is 5.75 Å². The highest BCUT2D eigenvalue weighted by Crippen LogP contribution is 2.26. The Kier molecular flexibility index (Phi) is 5.94. The summed E-state index contributed by atoms with van der Waals surface area (Å²) in [6.45, 7) is 2.47. The number of rotatable bonds is 7. The summed E-state index contributed by atoms with van der Waals surface area (Å²) in [5.74, 6) is 0.971. The number of para-hydroxylation sites is 1. The van der Waals surface area contributed by atoms with Gasteiger partial charge in [0.1, 0.15) is 5.75 Å². The normalized spacial score (nSPS) is 13.2. The fraction of sp³-hybridized carbons (Fsp3) is 0.381. The van der Waals surface area contributed by atoms with E-state index in [1.165, 1.54) is 16.8 Å². The van der Waals surface area contributed by atoms with Crippen LogP contribution in [0.25, 0.3) is 0 Å². The quantitative estimate of drug-likeness (QED) is 0.843. The van der Waals surface area contributed by atoms with E-state index in [1.54, 1.807) is 7.11 Å². The van der Waals surface area contributed by atoms with Crippen molar-refractivity contribution < 1.29 is 9.53 Å². The third-order valence-corrected chi connectivity index (χ3v) is 4.69. The Bertz CT molecular complexity index is 715. The zero-order valence-corrected chi connectivity index (χ0v) is 14.8. The maximum atomic E-state index is 12.1. The van der Waals surface area contributed by atoms with Gasteiger partial charge in [-0.05, 0) is 48.6 Å². The predicted octanol–water partition coefficient (Wildman–Crippen LogP) is 3.20. The van der Waals surface area contributed by atoms with Crippen LogP contribution in [0.1, 0.15) is 24.0 Å². The van der Waals surface area contributed by atoms with Crippen LogP contribution in [-0.4, -0.2) is 32.7 Å². The molecular weight excluding hydrogens is 312 g/mol. The van der Waals surface area contributed by atoms with Crippen molar-refractivity contribution in [3.63, 3.8) is 0 Å². The molecular formula is C21H26N2O2. The first-order chi connectivity index (χ1) is 12.3. The Morgan fingerprint density at radius 2 is 2.08 bits per heavy atom. The molecule has 0 bridgehead atoms. The van der Waals surface area contributed by atoms with Crippen LogP contribution in [0.3, 0.4) is 0 Å². The van der Waals surface area contributed by atoms with Gasteiger partial charge >= 0.3 is 0 Å². The Labute approximate surface area is 149 Å². The van der Waals surface area contributed by atoms with Gasteiger partial charge in [-0.15, -0.1) is 0 Å². The minimum atomic E-state index is 0.117. The Morgan fingerprint density at radius 3 is 2.96 bits per heavy atom. The highest BCUT2D eigenvalue weighted by Gasteiger charge is 2.16. The Hall–Kier alpha value is -2.49. The summed E-state index contributed by atoms with van der Waals surface area (Å²) in [5, 5.41) is 3.03. The van der Waals surface area contributed by atoms with Crippen LogP contribution in [0, 0.1) is 0 Å². The number of anilines is 1. The fourth-order valence-corrected chi connectivity index (χ4v) is 3.34. The van der Waals surface area contributed by atoms with Gasteiger partial charge in [0.05, 0.1) is 7.11 Å². The summed E-state index contributed by atoms with van der Waals surface area (Å²) in [6.07, 6.45) is 3.65. The third kappa shape index (κ3) is 4.75. The lowest BCUT2D eigenvalue weighted by atomic mass is 10.0. The highest BCUT2D eigenvalue weighted by atomic mass is 16.5. The number of amides is 1. The topological polar surface area (TPSA) is 41.6 Å². The predicted molar refractivity (Wildman–Crippen MR) is 101 cm³/mol. The molecule has 132 valence electrons. The van der Waals surface area contributed by atoms with Gasteiger partial charge in [0.15, 0.2) is 0 Å². The van der Waals surface area contributed by atoms with Gasteiger partial charge in [-0.2, -0.15) is 0 Å². The minimum absolute atomic E-state index is 0.117. The number of carbonyl (C=O) groups excluding carboxylic acids is 1. The summed E-state index contributed by atoms with van der Waals surface area (Å²) in [5.41, 5.74) is 3.86. The number of hydrogen-bond acceptors (Lipinski definition) is 3. The molecule has 0 fully saturated rings. The van der Waals surface area contributed by atoms with Gasteiger partial charge in [-0.3, -0.25) is 4.79 Å². The number of benzene rings is 2. The van der Waals surface area contributed by atoms with Crippen LogP contribution in [-0.2, 0) is 17.6 Å². The van der Waals surface area contributed by atoms with Crippen LogP contribution >= 0.6 is 0 Å². The molecule has 0 saturated carbocycles. The number of nitrogens with one attached hydrogen (secondary N) is 1. The second-order valence-electron chi connectivity index (χ2n) is 6.42. The number of fused-ring (bicyclic) bond motifs is 1. The summed E-state index contributed by atoms with van der Waals surface area (Å²) in [4.78, 5) is 14.5. The van der Waals surface area contributed by atoms with Crippen molar-refractivity contribution in [2.75, 3.05) is 31.6 Å². The van der Waals surface area contributed by atoms with Crippen molar-refractivity contribution in [1.29, 1.82) is 0 Å². The number of nitrogens with zero attached hydrogens (tertiary/aromatic N) is 1. The molecule has 0 aliphatic carbocycles. The molecule has 4 heteroatoms. The highest BCUT2D eigenvalue weighted by molar-refractivity contribution is 5.76. The molecule has 1 N–H and O–H groups in total. The van der Waals surface area contributed by atoms with Crippen molar-refractivity contribution >= 4 is 11.6 Å². The minimum Gasteiger partial charge on any atom is -0.497 e. The first-order valence-corrected chi connectivity index (χ1v) is 8.99. The fourth-order valence-electron chi connectivity index (χ4n) is 3.34. The lowest BCUT2D eigenvalue weighted by molar-refractivity contribution is -0.120. The second-order valence-corrected chi connectivity index (χ2v) is 6.42. The SMILES string of the molecule is COc1cccc(CCNC(=O)CCN2CCCc3ccccc32)c1. The van der Waals surface area contributed by atoms with Gasteiger partial charge in [0.25, 0.3) is 0 Å². The van der Waals surface area contributed by atoms with Crippen molar-refractivity contribution in [2.45, 2.75) is 25.7 Å². The van der Waals surface area contributed by atoms with E-state index in [9.17, 15) is 4.79 Å². The first-order valence-electron chi connectivity index (χ1n) is 8.99. The number of aryl methyl sites for hydroxylation is 1. The zero-order valence-electron chi connectivity index (χ0n) is 14.8. The van der Waals surface area contributed by atoms with E-state index >= 15 is 0 Å². The molecule has 0 spiro atoms. The van der Waals surface area contributed by atoms with Crippen molar-refractivity contribution in [2.24, 2.45) is 0 Å². The van der Waals surface area contributed by atoms with E-state index in [2.05, 4.69) is 40.5 Å². The molecule has 3 rings (SSSR count). The van der Waals surface area contributed by atoms with Gasteiger partial charge in [-0.25, -0.2) is 0 Å². The molecule has 4 nitrogen and oxygen atoms in total. The maximum Gasteiger partial charge on any atom is 0.221 e. The zero-order chi connectivity index (χ0) is 17.5. The molecule has 0 radical (unpaired) electrons. The average Bonchev–Trinajstić information content (AvgIpc) is 2.66. The molecule has 0 atom stereocenters. The molecule has 1 amide bonds. The number of methoxy groups -OCH3 is 1. The molecule has 1 aliphatic heterocycles. The van der Waals surface area contributed by atoms with Gasteiger partial charge in [0.2, 0.25) is 5.91 Å². The van der Waals surface area contributed by atoms with E-state index in [0.29, 0.717) is 13.0 Å². The molecule has 0 unspecified atom stereocenters. The molecule has 2 aromatic carbocycles. The summed E-state index contributed by atoms with van der Waals surface area (Å²) < 4.78 is 5.22. The molecule has 0 saturated heterocycles. The van der Waals surface area contributed by atoms with Crippen molar-refractivity contribution in [3.05, 3.63) is 59.7 Å². The van der Waals surface area contributed by atoms with E-state index in [1.807, 2.05) is 18.2 Å². The van der Waals surface area contributed by atoms with Crippen LogP contribution in [0.15, 0.2) is 48.5 Å². The molecule has 25 heavy (non-hydrogen) atoms. The third-order valence-electron chi connectivity index (χ3n) is 4.69. The number of carbonyl (C=O) groups is 1. The monoisotopic (exact) mass is 338 g/mol. The van der Waals surface area contributed by atoms with Crippen LogP contribution in [0.2, 0.25) is 0 Å². The second kappa shape index (κ2) is 8.56. The maximum absolute atomic E-state index is 12.1. The molecule has 2 aromatic rings. The summed E-state index contributed by atoms with van der Waals surface area (Å²) in [7, 11) is 1.67. The van der Waals surface area contributed by atoms with Crippen molar-refractivity contribution in [1.82, 2.24) is 5.32 Å². The first kappa shape index (κ1) is 17.3. The standard InChI is InChI=1S/C21H26N2O2/c1-25-19-9-4-6-17(16-19)11-13-22-21(24)12-15-23-14-5-8-18-7-2-3-10-20(18)23/h2-4,6-7,9-10,16H,5,8,11-15H2,1H3,(H,22,24). The largest absolute Gasteiger partial charge is 0.497 e. The molecule has 1 heterocycles. The summed E-state index contributed by atoms with van der Waals surface area (Å²) >= 11 is 0. The van der Waals surface area contributed by atoms with E-state index < -0.39 is 0 Å². The van der Waals surface area contributed by atoms with Crippen LogP contribution in [0.4, 0.5) is 5.69 Å². The Morgan fingerprint density at radius 1 is 1.20 bits per heavy atom. The lowest BCUT2D eigenvalue weighted by Crippen LogP contribution is -2.34. The van der Waals surface area contributed by atoms with Crippen LogP contribution < -0.4 is 15.0 Å². The number of ether oxygens (including phenoxy) is 1. The van der Waals surface area contributed by atoms with Gasteiger partial charge < -0.3 is 15.0 Å². The average molecular weight is 338 g/mol. The van der Waals surface area contributed by atoms with E-state index in [-0.39, 0.29) is 5.91 Å². The Balaban J connectivity index is 1.43. The number of hydrogen-bond donors (Lipinski definition) is 1. The van der Waals surface area contributed by atoms with E-state index in [4.69, 9.17) is 4.74 Å². The molecule has 0 aromatic heterocycles. The van der Waals surface area contributed by atoms with Crippen LogP contribution in [0.5, 0.6) is 5.75 Å². The lowest BCUT2D eigenvalue weighted by Gasteiger charge is -2.31. The van der Waals surface area contributed by atoms with Gasteiger partial charge in [0, 0.05) is 31.7 Å². The smallest absolute Gasteiger partial charge is 0.221 e.